The molecule has 1 aromatic carbocycles. The van der Waals surface area contributed by atoms with E-state index in [-0.39, 0.29) is 0 Å². The fourth-order valence-electron chi connectivity index (χ4n) is 1.07. The van der Waals surface area contributed by atoms with E-state index in [9.17, 15) is 18.0 Å². The fraction of sp³-hybridized carbons (Fsp3) is 0.182. The highest BCUT2D eigenvalue weighted by Gasteiger charge is 2.31. The standard InChI is InChI=1S/C11H10F3NO/c1-2-10(16)15-9-5-3-8(4-6-9)11(13,14)7-12/h2-6H,1,7H2,(H,15,16). The van der Waals surface area contributed by atoms with E-state index in [4.69, 9.17) is 0 Å². The number of alkyl halides is 3. The highest BCUT2D eigenvalue weighted by Crippen LogP contribution is 2.29. The van der Waals surface area contributed by atoms with Gasteiger partial charge in [0.2, 0.25) is 5.91 Å². The molecule has 1 amide bonds. The first-order valence-corrected chi connectivity index (χ1v) is 4.47. The first kappa shape index (κ1) is 12.3. The lowest BCUT2D eigenvalue weighted by Gasteiger charge is -2.12. The summed E-state index contributed by atoms with van der Waals surface area (Å²) < 4.78 is 37.7. The van der Waals surface area contributed by atoms with Gasteiger partial charge in [-0.25, -0.2) is 4.39 Å². The highest BCUT2D eigenvalue weighted by molar-refractivity contribution is 5.98. The SMILES string of the molecule is C=CC(=O)Nc1ccc(C(F)(F)CF)cc1. The van der Waals surface area contributed by atoms with Crippen LogP contribution in [-0.4, -0.2) is 12.6 Å². The summed E-state index contributed by atoms with van der Waals surface area (Å²) in [7, 11) is 0. The van der Waals surface area contributed by atoms with Gasteiger partial charge in [-0.2, -0.15) is 8.78 Å². The largest absolute Gasteiger partial charge is 0.323 e. The molecule has 0 unspecified atom stereocenters. The molecular formula is C11H10F3NO. The van der Waals surface area contributed by atoms with Crippen LogP contribution in [0.15, 0.2) is 36.9 Å². The molecule has 2 nitrogen and oxygen atoms in total. The zero-order chi connectivity index (χ0) is 12.2. The third-order valence-corrected chi connectivity index (χ3v) is 1.93. The molecular weight excluding hydrogens is 219 g/mol. The number of carbonyl (C=O) groups is 1. The van der Waals surface area contributed by atoms with Gasteiger partial charge in [-0.05, 0) is 18.2 Å². The average molecular weight is 229 g/mol. The number of anilines is 1. The van der Waals surface area contributed by atoms with Crippen molar-refractivity contribution in [3.8, 4) is 0 Å². The van der Waals surface area contributed by atoms with E-state index in [0.29, 0.717) is 5.69 Å². The maximum absolute atomic E-state index is 12.9. The third-order valence-electron chi connectivity index (χ3n) is 1.93. The molecule has 1 rings (SSSR count). The summed E-state index contributed by atoms with van der Waals surface area (Å²) in [6.45, 7) is 1.50. The topological polar surface area (TPSA) is 29.1 Å². The second kappa shape index (κ2) is 4.83. The molecule has 16 heavy (non-hydrogen) atoms. The minimum absolute atomic E-state index is 0.350. The number of rotatable bonds is 4. The first-order chi connectivity index (χ1) is 7.49. The minimum atomic E-state index is -3.49. The van der Waals surface area contributed by atoms with Gasteiger partial charge in [0.15, 0.2) is 6.67 Å². The summed E-state index contributed by atoms with van der Waals surface area (Å²) in [6, 6.07) is 4.69. The second-order valence-corrected chi connectivity index (χ2v) is 3.11. The molecule has 0 bridgehead atoms. The summed E-state index contributed by atoms with van der Waals surface area (Å²) in [6.07, 6.45) is 1.06. The van der Waals surface area contributed by atoms with E-state index in [1.807, 2.05) is 0 Å². The van der Waals surface area contributed by atoms with Gasteiger partial charge in [0.05, 0.1) is 0 Å². The van der Waals surface area contributed by atoms with Crippen molar-refractivity contribution in [1.82, 2.24) is 0 Å². The van der Waals surface area contributed by atoms with Crippen LogP contribution in [0.25, 0.3) is 0 Å². The Balaban J connectivity index is 2.83. The Bertz CT molecular complexity index is 387. The predicted octanol–water partition coefficient (Wildman–Crippen LogP) is 2.87. The molecule has 0 aliphatic carbocycles. The van der Waals surface area contributed by atoms with Crippen molar-refractivity contribution in [2.75, 3.05) is 12.0 Å². The van der Waals surface area contributed by atoms with Crippen LogP contribution >= 0.6 is 0 Å². The van der Waals surface area contributed by atoms with Crippen LogP contribution in [0.4, 0.5) is 18.9 Å². The maximum atomic E-state index is 12.9. The van der Waals surface area contributed by atoms with Crippen molar-refractivity contribution in [2.45, 2.75) is 5.92 Å². The monoisotopic (exact) mass is 229 g/mol. The van der Waals surface area contributed by atoms with Crippen molar-refractivity contribution >= 4 is 11.6 Å². The van der Waals surface area contributed by atoms with Gasteiger partial charge in [-0.3, -0.25) is 4.79 Å². The molecule has 0 saturated heterocycles. The smallest absolute Gasteiger partial charge is 0.301 e. The molecule has 0 saturated carbocycles. The zero-order valence-electron chi connectivity index (χ0n) is 8.34. The van der Waals surface area contributed by atoms with Crippen molar-refractivity contribution in [3.05, 3.63) is 42.5 Å². The van der Waals surface area contributed by atoms with Gasteiger partial charge >= 0.3 is 5.92 Å². The zero-order valence-corrected chi connectivity index (χ0v) is 8.34. The molecule has 0 aliphatic heterocycles. The van der Waals surface area contributed by atoms with Gasteiger partial charge in [0, 0.05) is 11.3 Å². The minimum Gasteiger partial charge on any atom is -0.323 e. The van der Waals surface area contributed by atoms with E-state index in [2.05, 4.69) is 11.9 Å². The number of carbonyl (C=O) groups excluding carboxylic acids is 1. The Kier molecular flexibility index (Phi) is 3.71. The number of amides is 1. The van der Waals surface area contributed by atoms with Crippen molar-refractivity contribution in [1.29, 1.82) is 0 Å². The molecule has 0 radical (unpaired) electrons. The van der Waals surface area contributed by atoms with Gasteiger partial charge in [0.25, 0.3) is 0 Å². The van der Waals surface area contributed by atoms with Crippen LogP contribution in [0.5, 0.6) is 0 Å². The van der Waals surface area contributed by atoms with Gasteiger partial charge in [0.1, 0.15) is 0 Å². The van der Waals surface area contributed by atoms with Gasteiger partial charge in [-0.15, -0.1) is 0 Å². The van der Waals surface area contributed by atoms with Crippen molar-refractivity contribution in [3.63, 3.8) is 0 Å². The summed E-state index contributed by atoms with van der Waals surface area (Å²) in [5, 5.41) is 2.39. The Labute approximate surface area is 90.8 Å². The average Bonchev–Trinajstić information content (AvgIpc) is 2.29. The molecule has 0 fully saturated rings. The predicted molar refractivity (Wildman–Crippen MR) is 55.1 cm³/mol. The van der Waals surface area contributed by atoms with Crippen LogP contribution in [-0.2, 0) is 10.7 Å². The summed E-state index contributed by atoms with van der Waals surface area (Å²) in [5.41, 5.74) is -0.0742. The lowest BCUT2D eigenvalue weighted by molar-refractivity contribution is -0.111. The fourth-order valence-corrected chi connectivity index (χ4v) is 1.07. The molecule has 0 spiro atoms. The Morgan fingerprint density at radius 1 is 1.38 bits per heavy atom. The normalized spacial score (nSPS) is 10.9. The number of nitrogens with one attached hydrogen (secondary N) is 1. The van der Waals surface area contributed by atoms with Crippen LogP contribution in [0.3, 0.4) is 0 Å². The molecule has 86 valence electrons. The number of halogens is 3. The number of hydrogen-bond acceptors (Lipinski definition) is 1. The molecule has 0 atom stereocenters. The summed E-state index contributed by atoms with van der Waals surface area (Å²) in [5.74, 6) is -3.92. The quantitative estimate of drug-likeness (QED) is 0.790. The van der Waals surface area contributed by atoms with E-state index in [0.717, 1.165) is 18.2 Å². The summed E-state index contributed by atoms with van der Waals surface area (Å²) >= 11 is 0. The second-order valence-electron chi connectivity index (χ2n) is 3.11. The third kappa shape index (κ3) is 2.85. The van der Waals surface area contributed by atoms with E-state index >= 15 is 0 Å². The van der Waals surface area contributed by atoms with Crippen LogP contribution in [0.1, 0.15) is 5.56 Å². The lowest BCUT2D eigenvalue weighted by Crippen LogP contribution is -2.15. The molecule has 1 aromatic rings. The van der Waals surface area contributed by atoms with E-state index in [1.165, 1.54) is 12.1 Å². The number of hydrogen-bond donors (Lipinski definition) is 1. The maximum Gasteiger partial charge on any atom is 0.301 e. The van der Waals surface area contributed by atoms with E-state index < -0.39 is 24.1 Å². The van der Waals surface area contributed by atoms with E-state index in [1.54, 1.807) is 0 Å². The lowest BCUT2D eigenvalue weighted by atomic mass is 10.1. The Morgan fingerprint density at radius 3 is 2.38 bits per heavy atom. The molecule has 0 aliphatic rings. The van der Waals surface area contributed by atoms with Crippen molar-refractivity contribution < 1.29 is 18.0 Å². The summed E-state index contributed by atoms with van der Waals surface area (Å²) in [4.78, 5) is 10.9. The molecule has 1 N–H and O–H groups in total. The Morgan fingerprint density at radius 2 is 1.94 bits per heavy atom. The van der Waals surface area contributed by atoms with Crippen molar-refractivity contribution in [2.24, 2.45) is 0 Å². The van der Waals surface area contributed by atoms with Crippen LogP contribution in [0.2, 0.25) is 0 Å². The van der Waals surface area contributed by atoms with Gasteiger partial charge in [-0.1, -0.05) is 18.7 Å². The van der Waals surface area contributed by atoms with Crippen LogP contribution in [0, 0.1) is 0 Å². The number of benzene rings is 1. The highest BCUT2D eigenvalue weighted by atomic mass is 19.3. The first-order valence-electron chi connectivity index (χ1n) is 4.47. The van der Waals surface area contributed by atoms with Gasteiger partial charge < -0.3 is 5.32 Å². The molecule has 5 heteroatoms. The molecule has 0 heterocycles. The molecule has 0 aromatic heterocycles. The Hall–Kier alpha value is -1.78. The van der Waals surface area contributed by atoms with Crippen LogP contribution < -0.4 is 5.32 Å².